The summed E-state index contributed by atoms with van der Waals surface area (Å²) in [5, 5.41) is 0. The molecule has 0 aromatic heterocycles. The van der Waals surface area contributed by atoms with E-state index in [0.717, 1.165) is 0 Å². The molecule has 0 aliphatic heterocycles. The molecule has 0 atom stereocenters. The van der Waals surface area contributed by atoms with Crippen LogP contribution in [-0.4, -0.2) is 0 Å². The first-order valence-electron chi connectivity index (χ1n) is 0.781. The van der Waals surface area contributed by atoms with Crippen molar-refractivity contribution in [2.45, 2.75) is 0 Å². The van der Waals surface area contributed by atoms with Crippen LogP contribution in [0.4, 0.5) is 0 Å². The summed E-state index contributed by atoms with van der Waals surface area (Å²) in [5.41, 5.74) is 11.0. The summed E-state index contributed by atoms with van der Waals surface area (Å²) < 4.78 is 0. The van der Waals surface area contributed by atoms with Crippen molar-refractivity contribution in [2.24, 2.45) is 0 Å². The van der Waals surface area contributed by atoms with E-state index < -0.39 is 0 Å². The maximum atomic E-state index is 5.50. The molecule has 3 nitrogen and oxygen atoms in total. The Balaban J connectivity index is 0. The molecule has 26 valence electrons. The maximum absolute atomic E-state index is 5.50. The van der Waals surface area contributed by atoms with Gasteiger partial charge in [-0.15, -0.1) is 12.8 Å². The van der Waals surface area contributed by atoms with E-state index in [4.69, 9.17) is 11.1 Å². The van der Waals surface area contributed by atoms with E-state index in [2.05, 4.69) is 12.8 Å². The highest BCUT2D eigenvalue weighted by molar-refractivity contribution is 4.47. The van der Waals surface area contributed by atoms with Gasteiger partial charge in [0.2, 0.25) is 4.91 Å². The second kappa shape index (κ2) is 594. The summed E-state index contributed by atoms with van der Waals surface area (Å²) in [4.78, 5) is 2.00. The molecule has 0 aromatic carbocycles. The third-order valence-corrected chi connectivity index (χ3v) is 0. The summed E-state index contributed by atoms with van der Waals surface area (Å²) in [6, 6.07) is 0. The van der Waals surface area contributed by atoms with Gasteiger partial charge in [0.15, 0.2) is 0 Å². The van der Waals surface area contributed by atoms with Crippen molar-refractivity contribution in [3.05, 3.63) is 0 Å². The van der Waals surface area contributed by atoms with Crippen LogP contribution in [0.5, 0.6) is 0 Å². The first kappa shape index (κ1) is 9.12. The molecule has 0 aliphatic carbocycles. The Kier molecular flexibility index (Phi) is 1080. The molecule has 5 heavy (non-hydrogen) atoms. The largest absolute Gasteiger partial charge is 0.211 e. The summed E-state index contributed by atoms with van der Waals surface area (Å²) in [5.74, 6) is 0. The molecule has 0 fully saturated rings. The Morgan fingerprint density at radius 2 is 1.20 bits per heavy atom. The third-order valence-electron chi connectivity index (χ3n) is 0. The second-order valence-electron chi connectivity index (χ2n) is 0.112. The van der Waals surface area contributed by atoms with E-state index in [0.29, 0.717) is 0 Å². The Morgan fingerprint density at radius 3 is 1.20 bits per heavy atom. The number of hydrogen-bond donors (Lipinski definition) is 2. The van der Waals surface area contributed by atoms with Crippen molar-refractivity contribution in [1.82, 2.24) is 4.91 Å². The number of nitrogens with zero attached hydrogens (tertiary/aromatic N) is 1. The molecular weight excluding hydrogens is 66.0 g/mol. The molecule has 0 radical (unpaired) electrons. The maximum Gasteiger partial charge on any atom is 0.211 e. The molecule has 0 rings (SSSR count). The van der Waals surface area contributed by atoms with Crippen molar-refractivity contribution in [2.75, 3.05) is 0 Å². The monoisotopic (exact) mass is 70.0 g/mol. The molecule has 0 saturated carbocycles. The predicted molar refractivity (Wildman–Crippen MR) is 17.5 cm³/mol. The molecule has 0 saturated heterocycles. The first-order chi connectivity index (χ1) is 2.41. The van der Waals surface area contributed by atoms with Crippen molar-refractivity contribution in [3.63, 3.8) is 0 Å². The van der Waals surface area contributed by atoms with Crippen LogP contribution in [0.3, 0.4) is 0 Å². The lowest BCUT2D eigenvalue weighted by molar-refractivity contribution is 0.928. The van der Waals surface area contributed by atoms with Crippen LogP contribution in [0.1, 0.15) is 0 Å². The molecule has 0 unspecified atom stereocenters. The zero-order chi connectivity index (χ0) is 4.71. The average molecular weight is 70.1 g/mol. The van der Waals surface area contributed by atoms with Gasteiger partial charge in [-0.3, -0.25) is 0 Å². The van der Waals surface area contributed by atoms with E-state index in [1.165, 1.54) is 0 Å². The highest BCUT2D eigenvalue weighted by atomic mass is 15.0. The number of terminal acetylenes is 1. The van der Waals surface area contributed by atoms with Gasteiger partial charge in [-0.1, -0.05) is 0 Å². The van der Waals surface area contributed by atoms with Gasteiger partial charge in [0, 0.05) is 0 Å². The minimum Gasteiger partial charge on any atom is -0.124 e. The van der Waals surface area contributed by atoms with Gasteiger partial charge in [-0.2, -0.15) is 0 Å². The zero-order valence-electron chi connectivity index (χ0n) is 2.60. The van der Waals surface area contributed by atoms with Crippen molar-refractivity contribution in [3.8, 4) is 12.8 Å². The quantitative estimate of drug-likeness (QED) is 0.235. The van der Waals surface area contributed by atoms with Gasteiger partial charge in [0.1, 0.15) is 11.1 Å². The minimum atomic E-state index is 2.00. The summed E-state index contributed by atoms with van der Waals surface area (Å²) in [6.45, 7) is 0. The molecule has 3 heteroatoms. The first-order valence-corrected chi connectivity index (χ1v) is 0.781. The lowest BCUT2D eigenvalue weighted by Crippen LogP contribution is -1.24. The van der Waals surface area contributed by atoms with E-state index >= 15 is 0 Å². The Morgan fingerprint density at radius 1 is 1.20 bits per heavy atom. The van der Waals surface area contributed by atoms with Crippen molar-refractivity contribution in [1.29, 1.82) is 11.1 Å². The van der Waals surface area contributed by atoms with Crippen molar-refractivity contribution < 1.29 is 0 Å². The summed E-state index contributed by atoms with van der Waals surface area (Å²) in [7, 11) is 0. The molecule has 0 aromatic rings. The standard InChI is InChI=1S/C2H2.H2N3/c1-2;1-3-2/h1-2H;1-2H/q;+1. The highest BCUT2D eigenvalue weighted by Gasteiger charge is 1.16. The molecule has 0 heterocycles. The second-order valence-corrected chi connectivity index (χ2v) is 0.112. The van der Waals surface area contributed by atoms with Gasteiger partial charge in [-0.05, 0) is 0 Å². The van der Waals surface area contributed by atoms with Crippen LogP contribution in [-0.2, 0) is 0 Å². The fourth-order valence-corrected chi connectivity index (χ4v) is 0. The molecule has 0 amide bonds. The fraction of sp³-hybridized carbons (Fsp3) is 0. The number of hydrogen-bond acceptors (Lipinski definition) is 2. The Labute approximate surface area is 30.0 Å². The summed E-state index contributed by atoms with van der Waals surface area (Å²) >= 11 is 0. The highest BCUT2D eigenvalue weighted by Crippen LogP contribution is 0.841. The van der Waals surface area contributed by atoms with Gasteiger partial charge in [-0.25, -0.2) is 0 Å². The minimum absolute atomic E-state index is 2.00. The number of rotatable bonds is 0. The molecule has 0 aliphatic rings. The molecule has 2 N–H and O–H groups in total. The Bertz CT molecular complexity index is 47.2. The lowest BCUT2D eigenvalue weighted by Gasteiger charge is -0.844. The van der Waals surface area contributed by atoms with Gasteiger partial charge >= 0.3 is 0 Å². The van der Waals surface area contributed by atoms with Gasteiger partial charge in [0.25, 0.3) is 0 Å². The van der Waals surface area contributed by atoms with E-state index in [9.17, 15) is 0 Å². The van der Waals surface area contributed by atoms with Crippen LogP contribution in [0.15, 0.2) is 0 Å². The molecule has 0 spiro atoms. The zero-order valence-corrected chi connectivity index (χ0v) is 2.60. The smallest absolute Gasteiger partial charge is 0.124 e. The van der Waals surface area contributed by atoms with Crippen LogP contribution in [0.2, 0.25) is 0 Å². The Hall–Kier alpha value is -1.13. The number of nitrogens with one attached hydrogen (secondary N) is 2. The predicted octanol–water partition coefficient (Wildman–Crippen LogP) is 0.365. The van der Waals surface area contributed by atoms with Crippen LogP contribution in [0.25, 0.3) is 0 Å². The third kappa shape index (κ3) is 1.70. The van der Waals surface area contributed by atoms with Crippen LogP contribution < -0.4 is 4.91 Å². The molecule has 0 bridgehead atoms. The van der Waals surface area contributed by atoms with Gasteiger partial charge < -0.3 is 0 Å². The van der Waals surface area contributed by atoms with Crippen LogP contribution in [0, 0.1) is 23.9 Å². The normalized spacial score (nSPS) is 2.00. The fourth-order valence-electron chi connectivity index (χ4n) is 0. The lowest BCUT2D eigenvalue weighted by atomic mass is 11.4. The van der Waals surface area contributed by atoms with E-state index in [1.807, 2.05) is 4.91 Å². The molecular formula is C2H4N3+. The SMILES string of the molecule is C#C.N=[N+]=N. The van der Waals surface area contributed by atoms with E-state index in [1.54, 1.807) is 0 Å². The van der Waals surface area contributed by atoms with Gasteiger partial charge in [0.05, 0.1) is 0 Å². The summed E-state index contributed by atoms with van der Waals surface area (Å²) in [6.07, 6.45) is 8.00. The topological polar surface area (TPSA) is 61.8 Å². The van der Waals surface area contributed by atoms with Crippen LogP contribution >= 0.6 is 0 Å². The van der Waals surface area contributed by atoms with E-state index in [-0.39, 0.29) is 0 Å². The average Bonchev–Trinajstić information content (AvgIpc) is 1.46. The van der Waals surface area contributed by atoms with Crippen molar-refractivity contribution >= 4 is 0 Å².